The Labute approximate surface area is 98.1 Å². The highest BCUT2D eigenvalue weighted by molar-refractivity contribution is 9.10. The highest BCUT2D eigenvalue weighted by Gasteiger charge is 2.14. The molecule has 0 amide bonds. The summed E-state index contributed by atoms with van der Waals surface area (Å²) in [6.07, 6.45) is 0. The van der Waals surface area contributed by atoms with E-state index in [2.05, 4.69) is 15.9 Å². The van der Waals surface area contributed by atoms with Crippen molar-refractivity contribution >= 4 is 57.1 Å². The molecule has 74 valence electrons. The number of rotatable bonds is 1. The quantitative estimate of drug-likeness (QED) is 0.754. The van der Waals surface area contributed by atoms with Crippen molar-refractivity contribution in [2.45, 2.75) is 4.21 Å². The van der Waals surface area contributed by atoms with Gasteiger partial charge in [-0.1, -0.05) is 22.0 Å². The van der Waals surface area contributed by atoms with Gasteiger partial charge in [-0.25, -0.2) is 8.42 Å². The maximum atomic E-state index is 11.1. The SMILES string of the molecule is O=S(=O)(Cl)c1cc2c(Br)cccc2s1. The van der Waals surface area contributed by atoms with E-state index in [1.165, 1.54) is 11.3 Å². The Hall–Kier alpha value is -0.100. The molecule has 0 aliphatic heterocycles. The Morgan fingerprint density at radius 1 is 1.36 bits per heavy atom. The maximum absolute atomic E-state index is 11.1. The average molecular weight is 312 g/mol. The fourth-order valence-corrected chi connectivity index (χ4v) is 3.90. The van der Waals surface area contributed by atoms with E-state index in [9.17, 15) is 8.42 Å². The monoisotopic (exact) mass is 310 g/mol. The van der Waals surface area contributed by atoms with Crippen molar-refractivity contribution in [2.24, 2.45) is 0 Å². The third kappa shape index (κ3) is 1.82. The van der Waals surface area contributed by atoms with Crippen LogP contribution in [0.2, 0.25) is 0 Å². The van der Waals surface area contributed by atoms with Crippen LogP contribution in [0.1, 0.15) is 0 Å². The summed E-state index contributed by atoms with van der Waals surface area (Å²) < 4.78 is 24.1. The van der Waals surface area contributed by atoms with Gasteiger partial charge in [-0.3, -0.25) is 0 Å². The van der Waals surface area contributed by atoms with Crippen LogP contribution in [-0.4, -0.2) is 8.42 Å². The van der Waals surface area contributed by atoms with Gasteiger partial charge in [0.25, 0.3) is 9.05 Å². The van der Waals surface area contributed by atoms with Gasteiger partial charge in [-0.2, -0.15) is 0 Å². The molecule has 0 aliphatic rings. The minimum atomic E-state index is -3.61. The predicted octanol–water partition coefficient (Wildman–Crippen LogP) is 3.59. The molecule has 0 saturated carbocycles. The molecule has 0 N–H and O–H groups in total. The molecular formula is C8H4BrClO2S2. The number of hydrogen-bond donors (Lipinski definition) is 0. The van der Waals surface area contributed by atoms with Gasteiger partial charge in [0.1, 0.15) is 4.21 Å². The van der Waals surface area contributed by atoms with Crippen LogP contribution >= 0.6 is 37.9 Å². The molecule has 14 heavy (non-hydrogen) atoms. The van der Waals surface area contributed by atoms with Gasteiger partial charge < -0.3 is 0 Å². The van der Waals surface area contributed by atoms with Gasteiger partial charge in [0.15, 0.2) is 0 Å². The standard InChI is InChI=1S/C8H4BrClO2S2/c9-6-2-1-3-7-5(6)4-8(13-7)14(10,11)12/h1-4H. The van der Waals surface area contributed by atoms with E-state index in [1.807, 2.05) is 18.2 Å². The molecule has 0 atom stereocenters. The zero-order valence-electron chi connectivity index (χ0n) is 6.70. The summed E-state index contributed by atoms with van der Waals surface area (Å²) in [4.78, 5) is 0. The first kappa shape index (κ1) is 10.4. The smallest absolute Gasteiger partial charge is 0.206 e. The first-order valence-electron chi connectivity index (χ1n) is 3.61. The van der Waals surface area contributed by atoms with Crippen molar-refractivity contribution < 1.29 is 8.42 Å². The number of benzene rings is 1. The van der Waals surface area contributed by atoms with Crippen LogP contribution in [0.4, 0.5) is 0 Å². The Kier molecular flexibility index (Phi) is 2.59. The molecule has 0 spiro atoms. The summed E-state index contributed by atoms with van der Waals surface area (Å²) in [6.45, 7) is 0. The third-order valence-electron chi connectivity index (χ3n) is 1.73. The zero-order chi connectivity index (χ0) is 10.3. The van der Waals surface area contributed by atoms with E-state index in [0.29, 0.717) is 0 Å². The second-order valence-electron chi connectivity index (χ2n) is 2.65. The molecule has 0 aliphatic carbocycles. The molecule has 0 unspecified atom stereocenters. The van der Waals surface area contributed by atoms with Crippen LogP contribution < -0.4 is 0 Å². The Balaban J connectivity index is 2.81. The van der Waals surface area contributed by atoms with Crippen LogP contribution in [-0.2, 0) is 9.05 Å². The maximum Gasteiger partial charge on any atom is 0.270 e. The van der Waals surface area contributed by atoms with E-state index >= 15 is 0 Å². The predicted molar refractivity (Wildman–Crippen MR) is 62.6 cm³/mol. The minimum Gasteiger partial charge on any atom is -0.206 e. The highest BCUT2D eigenvalue weighted by Crippen LogP contribution is 2.34. The zero-order valence-corrected chi connectivity index (χ0v) is 10.7. The van der Waals surface area contributed by atoms with Crippen LogP contribution in [0.5, 0.6) is 0 Å². The topological polar surface area (TPSA) is 34.1 Å². The number of hydrogen-bond acceptors (Lipinski definition) is 3. The average Bonchev–Trinajstić information content (AvgIpc) is 2.48. The first-order valence-corrected chi connectivity index (χ1v) is 7.53. The lowest BCUT2D eigenvalue weighted by Crippen LogP contribution is -1.83. The first-order chi connectivity index (χ1) is 6.48. The van der Waals surface area contributed by atoms with E-state index in [0.717, 1.165) is 14.6 Å². The molecule has 6 heteroatoms. The van der Waals surface area contributed by atoms with Gasteiger partial charge in [-0.05, 0) is 18.2 Å². The van der Waals surface area contributed by atoms with Crippen molar-refractivity contribution in [3.05, 3.63) is 28.7 Å². The summed E-state index contributed by atoms with van der Waals surface area (Å²) in [6, 6.07) is 7.15. The minimum absolute atomic E-state index is 0.182. The number of thiophene rings is 1. The molecule has 1 aromatic heterocycles. The van der Waals surface area contributed by atoms with E-state index in [4.69, 9.17) is 10.7 Å². The molecule has 1 heterocycles. The van der Waals surface area contributed by atoms with Crippen molar-refractivity contribution in [3.63, 3.8) is 0 Å². The van der Waals surface area contributed by atoms with E-state index in [-0.39, 0.29) is 4.21 Å². The molecule has 1 aromatic carbocycles. The molecule has 2 rings (SSSR count). The van der Waals surface area contributed by atoms with Crippen LogP contribution in [0.25, 0.3) is 10.1 Å². The molecule has 0 radical (unpaired) electrons. The molecule has 0 saturated heterocycles. The highest BCUT2D eigenvalue weighted by atomic mass is 79.9. The molecule has 2 nitrogen and oxygen atoms in total. The third-order valence-corrected chi connectivity index (χ3v) is 5.59. The summed E-state index contributed by atoms with van der Waals surface area (Å²) >= 11 is 4.51. The van der Waals surface area contributed by atoms with Crippen LogP contribution in [0.15, 0.2) is 32.9 Å². The van der Waals surface area contributed by atoms with Crippen molar-refractivity contribution in [3.8, 4) is 0 Å². The summed E-state index contributed by atoms with van der Waals surface area (Å²) in [5, 5.41) is 0.872. The van der Waals surface area contributed by atoms with Crippen molar-refractivity contribution in [1.29, 1.82) is 0 Å². The molecule has 0 bridgehead atoms. The Bertz CT molecular complexity index is 588. The van der Waals surface area contributed by atoms with Gasteiger partial charge in [-0.15, -0.1) is 11.3 Å². The largest absolute Gasteiger partial charge is 0.270 e. The Morgan fingerprint density at radius 3 is 2.64 bits per heavy atom. The lowest BCUT2D eigenvalue weighted by Gasteiger charge is -1.89. The lowest BCUT2D eigenvalue weighted by atomic mass is 10.3. The fourth-order valence-electron chi connectivity index (χ4n) is 1.12. The molecule has 0 fully saturated rings. The fraction of sp³-hybridized carbons (Fsp3) is 0. The number of fused-ring (bicyclic) bond motifs is 1. The summed E-state index contributed by atoms with van der Waals surface area (Å²) in [7, 11) is 1.64. The van der Waals surface area contributed by atoms with Gasteiger partial charge >= 0.3 is 0 Å². The number of halogens is 2. The second-order valence-corrected chi connectivity index (χ2v) is 7.39. The van der Waals surface area contributed by atoms with Gasteiger partial charge in [0, 0.05) is 25.2 Å². The van der Waals surface area contributed by atoms with Crippen molar-refractivity contribution in [2.75, 3.05) is 0 Å². The van der Waals surface area contributed by atoms with E-state index in [1.54, 1.807) is 6.07 Å². The second kappa shape index (κ2) is 3.48. The summed E-state index contributed by atoms with van der Waals surface area (Å²) in [5.41, 5.74) is 0. The summed E-state index contributed by atoms with van der Waals surface area (Å²) in [5.74, 6) is 0. The molecule has 2 aromatic rings. The lowest BCUT2D eigenvalue weighted by molar-refractivity contribution is 0.611. The Morgan fingerprint density at radius 2 is 2.07 bits per heavy atom. The van der Waals surface area contributed by atoms with E-state index < -0.39 is 9.05 Å². The van der Waals surface area contributed by atoms with Gasteiger partial charge in [0.2, 0.25) is 0 Å². The van der Waals surface area contributed by atoms with Crippen LogP contribution in [0.3, 0.4) is 0 Å². The molecular weight excluding hydrogens is 308 g/mol. The van der Waals surface area contributed by atoms with Gasteiger partial charge in [0.05, 0.1) is 0 Å². The normalized spacial score (nSPS) is 12.1. The van der Waals surface area contributed by atoms with Crippen LogP contribution in [0, 0.1) is 0 Å². The van der Waals surface area contributed by atoms with Crippen molar-refractivity contribution in [1.82, 2.24) is 0 Å².